The number of benzene rings is 2. The number of allylic oxidation sites excluding steroid dienone is 1. The Balaban J connectivity index is 1.80. The summed E-state index contributed by atoms with van der Waals surface area (Å²) in [6, 6.07) is 14.3. The number of hydrogen-bond donors (Lipinski definition) is 1. The first-order chi connectivity index (χ1) is 14.3. The number of ether oxygens (including phenoxy) is 3. The van der Waals surface area contributed by atoms with E-state index in [4.69, 9.17) is 14.2 Å². The first-order valence-electron chi connectivity index (χ1n) is 9.76. The van der Waals surface area contributed by atoms with Crippen LogP contribution in [0, 0.1) is 17.2 Å². The number of methoxy groups -OCH3 is 2. The van der Waals surface area contributed by atoms with Crippen molar-refractivity contribution in [1.29, 1.82) is 5.26 Å². The molecule has 1 heterocycles. The van der Waals surface area contributed by atoms with Crippen LogP contribution in [0.15, 0.2) is 54.2 Å². The van der Waals surface area contributed by atoms with Crippen LogP contribution in [-0.4, -0.2) is 20.8 Å². The largest absolute Gasteiger partial charge is 0.493 e. The molecule has 29 heavy (non-hydrogen) atoms. The van der Waals surface area contributed by atoms with Gasteiger partial charge in [0.1, 0.15) is 6.61 Å². The summed E-state index contributed by atoms with van der Waals surface area (Å²) in [5, 5.41) is 13.3. The minimum atomic E-state index is -0.0314. The highest BCUT2D eigenvalue weighted by Gasteiger charge is 2.38. The van der Waals surface area contributed by atoms with Crippen molar-refractivity contribution in [3.8, 4) is 23.3 Å². The van der Waals surface area contributed by atoms with Crippen molar-refractivity contribution < 1.29 is 14.2 Å². The van der Waals surface area contributed by atoms with Gasteiger partial charge in [0.2, 0.25) is 5.75 Å². The molecule has 5 nitrogen and oxygen atoms in total. The molecule has 148 valence electrons. The van der Waals surface area contributed by atoms with Gasteiger partial charge in [-0.05, 0) is 48.6 Å². The summed E-state index contributed by atoms with van der Waals surface area (Å²) in [5.41, 5.74) is 3.66. The molecule has 1 unspecified atom stereocenters. The number of rotatable bonds is 7. The Bertz CT molecular complexity index is 985. The van der Waals surface area contributed by atoms with Crippen LogP contribution in [0.25, 0.3) is 6.08 Å². The molecule has 1 fully saturated rings. The van der Waals surface area contributed by atoms with Crippen molar-refractivity contribution in [2.24, 2.45) is 5.92 Å². The van der Waals surface area contributed by atoms with E-state index in [9.17, 15) is 5.26 Å². The predicted octanol–water partition coefficient (Wildman–Crippen LogP) is 5.12. The molecule has 1 aliphatic carbocycles. The Labute approximate surface area is 171 Å². The summed E-state index contributed by atoms with van der Waals surface area (Å²) < 4.78 is 17.1. The van der Waals surface area contributed by atoms with Crippen molar-refractivity contribution >= 4 is 11.8 Å². The lowest BCUT2D eigenvalue weighted by molar-refractivity contribution is 0.303. The standard InChI is InChI=1S/C24H24N2O3/c1-27-21-13-20(19-9-6-12-29-23(19)24(21)28-2)22(16-10-11-16)17(14-25)15-26-18-7-4-3-5-8-18/h3-9,13,15-16,22,26H,10-12H2,1-2H3. The molecule has 0 spiro atoms. The summed E-state index contributed by atoms with van der Waals surface area (Å²) in [6.45, 7) is 0.487. The third kappa shape index (κ3) is 3.79. The second kappa shape index (κ2) is 8.32. The van der Waals surface area contributed by atoms with Crippen LogP contribution in [0.3, 0.4) is 0 Å². The molecule has 2 aromatic rings. The zero-order valence-corrected chi connectivity index (χ0v) is 16.6. The predicted molar refractivity (Wildman–Crippen MR) is 113 cm³/mol. The van der Waals surface area contributed by atoms with E-state index in [1.807, 2.05) is 48.7 Å². The van der Waals surface area contributed by atoms with E-state index in [2.05, 4.69) is 17.5 Å². The smallest absolute Gasteiger partial charge is 0.203 e. The van der Waals surface area contributed by atoms with Crippen LogP contribution in [0.5, 0.6) is 17.2 Å². The van der Waals surface area contributed by atoms with E-state index in [1.54, 1.807) is 14.2 Å². The zero-order valence-electron chi connectivity index (χ0n) is 16.6. The van der Waals surface area contributed by atoms with Gasteiger partial charge in [0, 0.05) is 23.4 Å². The molecule has 1 atom stereocenters. The van der Waals surface area contributed by atoms with E-state index >= 15 is 0 Å². The van der Waals surface area contributed by atoms with Gasteiger partial charge < -0.3 is 19.5 Å². The quantitative estimate of drug-likeness (QED) is 0.667. The maximum atomic E-state index is 9.98. The Morgan fingerprint density at radius 2 is 2.03 bits per heavy atom. The van der Waals surface area contributed by atoms with Crippen molar-refractivity contribution in [3.63, 3.8) is 0 Å². The maximum Gasteiger partial charge on any atom is 0.203 e. The lowest BCUT2D eigenvalue weighted by Gasteiger charge is -2.25. The Morgan fingerprint density at radius 3 is 2.69 bits per heavy atom. The lowest BCUT2D eigenvalue weighted by atomic mass is 9.83. The van der Waals surface area contributed by atoms with E-state index in [0.717, 1.165) is 29.7 Å². The van der Waals surface area contributed by atoms with Crippen molar-refractivity contribution in [2.45, 2.75) is 18.8 Å². The number of nitrogens with one attached hydrogen (secondary N) is 1. The first kappa shape index (κ1) is 18.9. The molecule has 0 aromatic heterocycles. The van der Waals surface area contributed by atoms with E-state index in [0.29, 0.717) is 35.3 Å². The van der Waals surface area contributed by atoms with Gasteiger partial charge in [-0.15, -0.1) is 0 Å². The fourth-order valence-electron chi connectivity index (χ4n) is 3.86. The third-order valence-corrected chi connectivity index (χ3v) is 5.37. The summed E-state index contributed by atoms with van der Waals surface area (Å²) >= 11 is 0. The van der Waals surface area contributed by atoms with Gasteiger partial charge in [-0.2, -0.15) is 5.26 Å². The number of para-hydroxylation sites is 1. The molecule has 1 aliphatic heterocycles. The van der Waals surface area contributed by atoms with E-state index in [-0.39, 0.29) is 5.92 Å². The molecule has 1 saturated carbocycles. The highest BCUT2D eigenvalue weighted by atomic mass is 16.5. The average molecular weight is 388 g/mol. The molecular formula is C24H24N2O3. The molecule has 0 amide bonds. The highest BCUT2D eigenvalue weighted by Crippen LogP contribution is 2.53. The van der Waals surface area contributed by atoms with Gasteiger partial charge in [0.25, 0.3) is 0 Å². The number of fused-ring (bicyclic) bond motifs is 1. The molecule has 0 radical (unpaired) electrons. The van der Waals surface area contributed by atoms with Gasteiger partial charge in [-0.25, -0.2) is 0 Å². The Morgan fingerprint density at radius 1 is 1.24 bits per heavy atom. The Hall–Kier alpha value is -3.39. The minimum absolute atomic E-state index is 0.0314. The normalized spacial score (nSPS) is 16.2. The fourth-order valence-corrected chi connectivity index (χ4v) is 3.86. The van der Waals surface area contributed by atoms with Crippen LogP contribution in [0.4, 0.5) is 5.69 Å². The van der Waals surface area contributed by atoms with Gasteiger partial charge >= 0.3 is 0 Å². The lowest BCUT2D eigenvalue weighted by Crippen LogP contribution is -2.12. The minimum Gasteiger partial charge on any atom is -0.493 e. The molecule has 0 saturated heterocycles. The molecule has 0 bridgehead atoms. The van der Waals surface area contributed by atoms with Gasteiger partial charge in [0.15, 0.2) is 11.5 Å². The van der Waals surface area contributed by atoms with Gasteiger partial charge in [-0.1, -0.05) is 24.3 Å². The molecule has 2 aromatic carbocycles. The van der Waals surface area contributed by atoms with Crippen LogP contribution in [-0.2, 0) is 0 Å². The molecule has 5 heteroatoms. The number of nitrogens with zero attached hydrogens (tertiary/aromatic N) is 1. The molecule has 2 aliphatic rings. The van der Waals surface area contributed by atoms with Crippen molar-refractivity contribution in [1.82, 2.24) is 0 Å². The fraction of sp³-hybridized carbons (Fsp3) is 0.292. The van der Waals surface area contributed by atoms with Gasteiger partial charge in [0.05, 0.1) is 25.9 Å². The number of hydrogen-bond acceptors (Lipinski definition) is 5. The molecule has 4 rings (SSSR count). The Kier molecular flexibility index (Phi) is 5.44. The second-order valence-electron chi connectivity index (χ2n) is 7.19. The number of anilines is 1. The van der Waals surface area contributed by atoms with Gasteiger partial charge in [-0.3, -0.25) is 0 Å². The SMILES string of the molecule is COc1cc(C(C(C#N)=CNc2ccccc2)C2CC2)c2c(c1OC)OCC=C2. The second-order valence-corrected chi connectivity index (χ2v) is 7.19. The van der Waals surface area contributed by atoms with Crippen LogP contribution >= 0.6 is 0 Å². The molecule has 1 N–H and O–H groups in total. The molecular weight excluding hydrogens is 364 g/mol. The van der Waals surface area contributed by atoms with Crippen molar-refractivity contribution in [2.75, 3.05) is 26.1 Å². The van der Waals surface area contributed by atoms with Crippen LogP contribution in [0.1, 0.15) is 29.9 Å². The summed E-state index contributed by atoms with van der Waals surface area (Å²) in [4.78, 5) is 0. The summed E-state index contributed by atoms with van der Waals surface area (Å²) in [7, 11) is 3.24. The third-order valence-electron chi connectivity index (χ3n) is 5.37. The summed E-state index contributed by atoms with van der Waals surface area (Å²) in [6.07, 6.45) is 8.07. The highest BCUT2D eigenvalue weighted by molar-refractivity contribution is 5.73. The zero-order chi connectivity index (χ0) is 20.2. The van der Waals surface area contributed by atoms with Crippen LogP contribution < -0.4 is 19.5 Å². The number of nitriles is 1. The maximum absolute atomic E-state index is 9.98. The summed E-state index contributed by atoms with van der Waals surface area (Å²) in [5.74, 6) is 2.29. The van der Waals surface area contributed by atoms with E-state index in [1.165, 1.54) is 0 Å². The monoisotopic (exact) mass is 388 g/mol. The van der Waals surface area contributed by atoms with E-state index < -0.39 is 0 Å². The average Bonchev–Trinajstić information content (AvgIpc) is 3.61. The topological polar surface area (TPSA) is 63.5 Å². The van der Waals surface area contributed by atoms with Crippen molar-refractivity contribution in [3.05, 3.63) is 65.4 Å². The first-order valence-corrected chi connectivity index (χ1v) is 9.76. The van der Waals surface area contributed by atoms with Crippen LogP contribution in [0.2, 0.25) is 0 Å².